The first-order chi connectivity index (χ1) is 16.0. The third kappa shape index (κ3) is 4.57. The normalized spacial score (nSPS) is 10.8. The zero-order valence-electron chi connectivity index (χ0n) is 18.7. The van der Waals surface area contributed by atoms with E-state index in [1.807, 2.05) is 49.5 Å². The molecule has 4 aromatic rings. The minimum atomic E-state index is -0.495. The van der Waals surface area contributed by atoms with Gasteiger partial charge in [-0.2, -0.15) is 0 Å². The smallest absolute Gasteiger partial charge is 0.331 e. The predicted octanol–water partition coefficient (Wildman–Crippen LogP) is 3.46. The fourth-order valence-electron chi connectivity index (χ4n) is 3.99. The SMILES string of the molecule is CCn1c(=O)c2ccccc2n(CC(=O)Nc2ccccc2N(C)Cc2ccccc2)c1=O. The lowest BCUT2D eigenvalue weighted by atomic mass is 10.2. The molecule has 0 aliphatic rings. The van der Waals surface area contributed by atoms with E-state index in [1.165, 1.54) is 4.57 Å². The molecule has 7 nitrogen and oxygen atoms in total. The molecule has 1 aromatic heterocycles. The monoisotopic (exact) mass is 442 g/mol. The summed E-state index contributed by atoms with van der Waals surface area (Å²) in [6.45, 7) is 2.45. The number of carbonyl (C=O) groups excluding carboxylic acids is 1. The molecule has 0 saturated carbocycles. The van der Waals surface area contributed by atoms with Crippen LogP contribution in [0.3, 0.4) is 0 Å². The maximum atomic E-state index is 13.0. The highest BCUT2D eigenvalue weighted by molar-refractivity contribution is 5.95. The molecule has 0 aliphatic carbocycles. The van der Waals surface area contributed by atoms with Gasteiger partial charge in [0.25, 0.3) is 5.56 Å². The van der Waals surface area contributed by atoms with Crippen molar-refractivity contribution in [3.05, 3.63) is 105 Å². The first-order valence-corrected chi connectivity index (χ1v) is 10.9. The number of hydrogen-bond donors (Lipinski definition) is 1. The van der Waals surface area contributed by atoms with Crippen molar-refractivity contribution in [1.29, 1.82) is 0 Å². The predicted molar refractivity (Wildman–Crippen MR) is 132 cm³/mol. The maximum absolute atomic E-state index is 13.0. The molecule has 0 atom stereocenters. The standard InChI is InChI=1S/C26H26N4O3/c1-3-29-25(32)20-13-7-9-15-22(20)30(26(29)33)18-24(31)27-21-14-8-10-16-23(21)28(2)17-19-11-5-4-6-12-19/h4-16H,3,17-18H2,1-2H3,(H,27,31). The summed E-state index contributed by atoms with van der Waals surface area (Å²) >= 11 is 0. The Bertz CT molecular complexity index is 1410. The van der Waals surface area contributed by atoms with Gasteiger partial charge < -0.3 is 10.2 Å². The molecular weight excluding hydrogens is 416 g/mol. The van der Waals surface area contributed by atoms with Crippen molar-refractivity contribution in [1.82, 2.24) is 9.13 Å². The quantitative estimate of drug-likeness (QED) is 0.476. The van der Waals surface area contributed by atoms with Crippen LogP contribution in [0.15, 0.2) is 88.5 Å². The van der Waals surface area contributed by atoms with Crippen LogP contribution in [-0.2, 0) is 24.4 Å². The van der Waals surface area contributed by atoms with E-state index in [0.29, 0.717) is 23.1 Å². The van der Waals surface area contributed by atoms with Gasteiger partial charge in [-0.05, 0) is 36.8 Å². The van der Waals surface area contributed by atoms with E-state index in [-0.39, 0.29) is 24.6 Å². The van der Waals surface area contributed by atoms with E-state index in [4.69, 9.17) is 0 Å². The van der Waals surface area contributed by atoms with Crippen molar-refractivity contribution in [2.45, 2.75) is 26.6 Å². The Morgan fingerprint density at radius 1 is 0.879 bits per heavy atom. The van der Waals surface area contributed by atoms with E-state index in [2.05, 4.69) is 22.3 Å². The van der Waals surface area contributed by atoms with Crippen LogP contribution in [0, 0.1) is 0 Å². The van der Waals surface area contributed by atoms with Gasteiger partial charge in [-0.25, -0.2) is 4.79 Å². The van der Waals surface area contributed by atoms with Crippen LogP contribution in [0.25, 0.3) is 10.9 Å². The summed E-state index contributed by atoms with van der Waals surface area (Å²) in [4.78, 5) is 40.6. The Balaban J connectivity index is 1.62. The lowest BCUT2D eigenvalue weighted by molar-refractivity contribution is -0.116. The van der Waals surface area contributed by atoms with Gasteiger partial charge in [-0.15, -0.1) is 0 Å². The van der Waals surface area contributed by atoms with Gasteiger partial charge in [0.15, 0.2) is 0 Å². The Kier molecular flexibility index (Phi) is 6.40. The second-order valence-electron chi connectivity index (χ2n) is 7.84. The molecule has 0 radical (unpaired) electrons. The molecule has 1 amide bonds. The number of nitrogens with zero attached hydrogens (tertiary/aromatic N) is 3. The molecule has 0 saturated heterocycles. The zero-order valence-corrected chi connectivity index (χ0v) is 18.7. The molecule has 7 heteroatoms. The summed E-state index contributed by atoms with van der Waals surface area (Å²) < 4.78 is 2.50. The first-order valence-electron chi connectivity index (χ1n) is 10.9. The van der Waals surface area contributed by atoms with Crippen molar-refractivity contribution in [2.24, 2.45) is 0 Å². The maximum Gasteiger partial charge on any atom is 0.331 e. The Hall–Kier alpha value is -4.13. The highest BCUT2D eigenvalue weighted by atomic mass is 16.2. The molecule has 1 heterocycles. The van der Waals surface area contributed by atoms with Crippen LogP contribution in [0.5, 0.6) is 0 Å². The fourth-order valence-corrected chi connectivity index (χ4v) is 3.99. The van der Waals surface area contributed by atoms with Gasteiger partial charge >= 0.3 is 5.69 Å². The van der Waals surface area contributed by atoms with Crippen molar-refractivity contribution >= 4 is 28.2 Å². The van der Waals surface area contributed by atoms with Crippen LogP contribution >= 0.6 is 0 Å². The fraction of sp³-hybridized carbons (Fsp3) is 0.192. The van der Waals surface area contributed by atoms with Gasteiger partial charge in [0.05, 0.1) is 22.3 Å². The summed E-state index contributed by atoms with van der Waals surface area (Å²) in [7, 11) is 1.97. The molecule has 0 spiro atoms. The molecule has 168 valence electrons. The van der Waals surface area contributed by atoms with Crippen molar-refractivity contribution < 1.29 is 4.79 Å². The van der Waals surface area contributed by atoms with Gasteiger partial charge in [0.1, 0.15) is 6.54 Å². The lowest BCUT2D eigenvalue weighted by Crippen LogP contribution is -2.41. The van der Waals surface area contributed by atoms with Gasteiger partial charge in [-0.3, -0.25) is 18.7 Å². The van der Waals surface area contributed by atoms with Crippen molar-refractivity contribution in [3.8, 4) is 0 Å². The van der Waals surface area contributed by atoms with Crippen molar-refractivity contribution in [2.75, 3.05) is 17.3 Å². The molecule has 0 fully saturated rings. The van der Waals surface area contributed by atoms with Crippen LogP contribution < -0.4 is 21.5 Å². The van der Waals surface area contributed by atoms with Gasteiger partial charge in [0, 0.05) is 20.1 Å². The number of amides is 1. The number of anilines is 2. The number of carbonyl (C=O) groups is 1. The molecule has 0 aliphatic heterocycles. The average Bonchev–Trinajstić information content (AvgIpc) is 2.83. The first kappa shape index (κ1) is 22.1. The molecular formula is C26H26N4O3. The van der Waals surface area contributed by atoms with E-state index in [9.17, 15) is 14.4 Å². The Labute approximate surface area is 191 Å². The molecule has 4 rings (SSSR count). The highest BCUT2D eigenvalue weighted by Gasteiger charge is 2.16. The topological polar surface area (TPSA) is 76.3 Å². The van der Waals surface area contributed by atoms with E-state index >= 15 is 0 Å². The largest absolute Gasteiger partial charge is 0.369 e. The van der Waals surface area contributed by atoms with Crippen molar-refractivity contribution in [3.63, 3.8) is 0 Å². The van der Waals surface area contributed by atoms with Crippen LogP contribution in [0.4, 0.5) is 11.4 Å². The van der Waals surface area contributed by atoms with E-state index < -0.39 is 5.69 Å². The van der Waals surface area contributed by atoms with E-state index in [1.54, 1.807) is 31.2 Å². The minimum Gasteiger partial charge on any atom is -0.369 e. The van der Waals surface area contributed by atoms with Crippen LogP contribution in [0.2, 0.25) is 0 Å². The number of fused-ring (bicyclic) bond motifs is 1. The summed E-state index contributed by atoms with van der Waals surface area (Å²) in [6, 6.07) is 24.5. The molecule has 3 aromatic carbocycles. The van der Waals surface area contributed by atoms with Gasteiger partial charge in [-0.1, -0.05) is 54.6 Å². The Morgan fingerprint density at radius 2 is 1.55 bits per heavy atom. The highest BCUT2D eigenvalue weighted by Crippen LogP contribution is 2.26. The third-order valence-electron chi connectivity index (χ3n) is 5.60. The lowest BCUT2D eigenvalue weighted by Gasteiger charge is -2.23. The minimum absolute atomic E-state index is 0.198. The number of aromatic nitrogens is 2. The number of nitrogens with one attached hydrogen (secondary N) is 1. The summed E-state index contributed by atoms with van der Waals surface area (Å²) in [5.41, 5.74) is 2.28. The molecule has 1 N–H and O–H groups in total. The molecule has 0 bridgehead atoms. The number of rotatable bonds is 7. The third-order valence-corrected chi connectivity index (χ3v) is 5.60. The van der Waals surface area contributed by atoms with Crippen LogP contribution in [0.1, 0.15) is 12.5 Å². The van der Waals surface area contributed by atoms with E-state index in [0.717, 1.165) is 15.8 Å². The number of para-hydroxylation sites is 3. The van der Waals surface area contributed by atoms with Gasteiger partial charge in [0.2, 0.25) is 5.91 Å². The molecule has 0 unspecified atom stereocenters. The summed E-state index contributed by atoms with van der Waals surface area (Å²) in [5, 5.41) is 3.35. The molecule has 33 heavy (non-hydrogen) atoms. The Morgan fingerprint density at radius 3 is 2.30 bits per heavy atom. The summed E-state index contributed by atoms with van der Waals surface area (Å²) in [5.74, 6) is -0.343. The number of benzene rings is 3. The zero-order chi connectivity index (χ0) is 23.4. The summed E-state index contributed by atoms with van der Waals surface area (Å²) in [6.07, 6.45) is 0. The second-order valence-corrected chi connectivity index (χ2v) is 7.84. The van der Waals surface area contributed by atoms with Crippen LogP contribution in [-0.4, -0.2) is 22.1 Å². The average molecular weight is 443 g/mol. The second kappa shape index (κ2) is 9.56. The number of hydrogen-bond acceptors (Lipinski definition) is 4.